The van der Waals surface area contributed by atoms with Crippen LogP contribution in [0.5, 0.6) is 0 Å². The van der Waals surface area contributed by atoms with Crippen LogP contribution in [0.4, 0.5) is 0 Å². The lowest BCUT2D eigenvalue weighted by atomic mass is 9.87. The molecular formula is C23H24. The van der Waals surface area contributed by atoms with E-state index in [1.54, 1.807) is 0 Å². The molecule has 0 N–H and O–H groups in total. The van der Waals surface area contributed by atoms with Gasteiger partial charge in [-0.3, -0.25) is 0 Å². The van der Waals surface area contributed by atoms with Crippen molar-refractivity contribution in [1.82, 2.24) is 0 Å². The minimum absolute atomic E-state index is 0.179. The molecule has 0 nitrogen and oxygen atoms in total. The molecule has 0 aliphatic carbocycles. The van der Waals surface area contributed by atoms with Gasteiger partial charge in [0.05, 0.1) is 0 Å². The van der Waals surface area contributed by atoms with Crippen molar-refractivity contribution in [3.8, 4) is 23.7 Å². The molecule has 0 spiro atoms. The summed E-state index contributed by atoms with van der Waals surface area (Å²) >= 11 is 0. The molecular weight excluding hydrogens is 276 g/mol. The first kappa shape index (κ1) is 16.9. The van der Waals surface area contributed by atoms with Crippen molar-refractivity contribution in [2.45, 2.75) is 40.0 Å². The van der Waals surface area contributed by atoms with Gasteiger partial charge in [-0.15, -0.1) is 0 Å². The summed E-state index contributed by atoms with van der Waals surface area (Å²) < 4.78 is 0. The molecule has 0 saturated heterocycles. The normalized spacial score (nSPS) is 10.5. The average molecular weight is 300 g/mol. The molecule has 2 aromatic carbocycles. The SMILES string of the molecule is CC(C)C#Cc1ccc(C#Cc2ccc(C(C)(C)C)cc2)cc1. The lowest BCUT2D eigenvalue weighted by molar-refractivity contribution is 0.590. The maximum Gasteiger partial charge on any atom is 0.0249 e. The second-order valence-electron chi connectivity index (χ2n) is 7.08. The van der Waals surface area contributed by atoms with E-state index in [2.05, 4.69) is 82.6 Å². The van der Waals surface area contributed by atoms with Crippen LogP contribution in [0.15, 0.2) is 48.5 Å². The second kappa shape index (κ2) is 7.21. The molecule has 2 aromatic rings. The quantitative estimate of drug-likeness (QED) is 0.572. The predicted octanol–water partition coefficient (Wildman–Crippen LogP) is 5.39. The van der Waals surface area contributed by atoms with Crippen LogP contribution >= 0.6 is 0 Å². The molecule has 0 bridgehead atoms. The number of rotatable bonds is 0. The van der Waals surface area contributed by atoms with Crippen molar-refractivity contribution in [3.63, 3.8) is 0 Å². The van der Waals surface area contributed by atoms with Gasteiger partial charge in [0.25, 0.3) is 0 Å². The zero-order valence-corrected chi connectivity index (χ0v) is 14.7. The van der Waals surface area contributed by atoms with Crippen LogP contribution in [-0.4, -0.2) is 0 Å². The van der Waals surface area contributed by atoms with Crippen LogP contribution in [0.25, 0.3) is 0 Å². The van der Waals surface area contributed by atoms with Crippen molar-refractivity contribution >= 4 is 0 Å². The summed E-state index contributed by atoms with van der Waals surface area (Å²) in [4.78, 5) is 0. The summed E-state index contributed by atoms with van der Waals surface area (Å²) in [6, 6.07) is 16.6. The fourth-order valence-corrected chi connectivity index (χ4v) is 2.06. The number of hydrogen-bond acceptors (Lipinski definition) is 0. The Hall–Kier alpha value is -2.44. The third kappa shape index (κ3) is 5.36. The Morgan fingerprint density at radius 2 is 1.04 bits per heavy atom. The van der Waals surface area contributed by atoms with E-state index in [-0.39, 0.29) is 5.41 Å². The van der Waals surface area contributed by atoms with E-state index in [0.29, 0.717) is 5.92 Å². The first-order valence-electron chi connectivity index (χ1n) is 8.09. The predicted molar refractivity (Wildman–Crippen MR) is 99.3 cm³/mol. The molecule has 0 radical (unpaired) electrons. The van der Waals surface area contributed by atoms with E-state index in [1.165, 1.54) is 5.56 Å². The van der Waals surface area contributed by atoms with E-state index in [0.717, 1.165) is 16.7 Å². The molecule has 116 valence electrons. The van der Waals surface area contributed by atoms with Crippen LogP contribution in [0.1, 0.15) is 56.9 Å². The molecule has 0 saturated carbocycles. The van der Waals surface area contributed by atoms with E-state index < -0.39 is 0 Å². The molecule has 2 rings (SSSR count). The van der Waals surface area contributed by atoms with Crippen molar-refractivity contribution in [3.05, 3.63) is 70.8 Å². The maximum atomic E-state index is 3.22. The van der Waals surface area contributed by atoms with E-state index in [4.69, 9.17) is 0 Å². The summed E-state index contributed by atoms with van der Waals surface area (Å²) in [6.07, 6.45) is 0. The summed E-state index contributed by atoms with van der Waals surface area (Å²) in [7, 11) is 0. The highest BCUT2D eigenvalue weighted by molar-refractivity contribution is 5.46. The Balaban J connectivity index is 2.12. The summed E-state index contributed by atoms with van der Waals surface area (Å²) in [5.41, 5.74) is 4.61. The van der Waals surface area contributed by atoms with Crippen LogP contribution < -0.4 is 0 Å². The van der Waals surface area contributed by atoms with Gasteiger partial charge < -0.3 is 0 Å². The Labute approximate surface area is 141 Å². The molecule has 0 heteroatoms. The van der Waals surface area contributed by atoms with E-state index in [9.17, 15) is 0 Å². The van der Waals surface area contributed by atoms with Gasteiger partial charge in [-0.2, -0.15) is 0 Å². The number of hydrogen-bond donors (Lipinski definition) is 0. The molecule has 23 heavy (non-hydrogen) atoms. The Morgan fingerprint density at radius 1 is 0.652 bits per heavy atom. The van der Waals surface area contributed by atoms with Crippen molar-refractivity contribution in [2.75, 3.05) is 0 Å². The van der Waals surface area contributed by atoms with Crippen molar-refractivity contribution < 1.29 is 0 Å². The van der Waals surface area contributed by atoms with E-state index >= 15 is 0 Å². The monoisotopic (exact) mass is 300 g/mol. The minimum Gasteiger partial charge on any atom is -0.0951 e. The lowest BCUT2D eigenvalue weighted by Gasteiger charge is -2.18. The average Bonchev–Trinajstić information content (AvgIpc) is 2.51. The lowest BCUT2D eigenvalue weighted by Crippen LogP contribution is -2.10. The highest BCUT2D eigenvalue weighted by Gasteiger charge is 2.12. The van der Waals surface area contributed by atoms with Gasteiger partial charge >= 0.3 is 0 Å². The zero-order valence-electron chi connectivity index (χ0n) is 14.7. The Bertz CT molecular complexity index is 759. The number of benzene rings is 2. The van der Waals surface area contributed by atoms with Gasteiger partial charge in [0.2, 0.25) is 0 Å². The maximum absolute atomic E-state index is 3.22. The molecule has 0 aliphatic rings. The van der Waals surface area contributed by atoms with Crippen LogP contribution in [0, 0.1) is 29.6 Å². The van der Waals surface area contributed by atoms with Crippen LogP contribution in [0.2, 0.25) is 0 Å². The first-order chi connectivity index (χ1) is 10.8. The fraction of sp³-hybridized carbons (Fsp3) is 0.304. The van der Waals surface area contributed by atoms with Crippen LogP contribution in [0.3, 0.4) is 0 Å². The highest BCUT2D eigenvalue weighted by atomic mass is 14.2. The standard InChI is InChI=1S/C23H24/c1-18(2)6-7-19-8-10-20(11-9-19)12-13-21-14-16-22(17-15-21)23(3,4)5/h8-11,14-18H,1-5H3. The molecule has 0 atom stereocenters. The third-order valence-electron chi connectivity index (χ3n) is 3.49. The van der Waals surface area contributed by atoms with Crippen molar-refractivity contribution in [2.24, 2.45) is 5.92 Å². The van der Waals surface area contributed by atoms with Crippen molar-refractivity contribution in [1.29, 1.82) is 0 Å². The first-order valence-corrected chi connectivity index (χ1v) is 8.09. The smallest absolute Gasteiger partial charge is 0.0249 e. The topological polar surface area (TPSA) is 0 Å². The van der Waals surface area contributed by atoms with Gasteiger partial charge in [-0.1, -0.05) is 70.4 Å². The molecule has 0 fully saturated rings. The largest absolute Gasteiger partial charge is 0.0951 e. The van der Waals surface area contributed by atoms with Gasteiger partial charge in [0.15, 0.2) is 0 Å². The second-order valence-corrected chi connectivity index (χ2v) is 7.08. The molecule has 0 unspecified atom stereocenters. The van der Waals surface area contributed by atoms with Gasteiger partial charge in [-0.25, -0.2) is 0 Å². The third-order valence-corrected chi connectivity index (χ3v) is 3.49. The molecule has 0 heterocycles. The molecule has 0 aromatic heterocycles. The summed E-state index contributed by atoms with van der Waals surface area (Å²) in [5, 5.41) is 0. The van der Waals surface area contributed by atoms with Crippen LogP contribution in [-0.2, 0) is 5.41 Å². The summed E-state index contributed by atoms with van der Waals surface area (Å²) in [6.45, 7) is 10.8. The molecule has 0 amide bonds. The highest BCUT2D eigenvalue weighted by Crippen LogP contribution is 2.21. The van der Waals surface area contributed by atoms with Gasteiger partial charge in [0, 0.05) is 22.6 Å². The molecule has 0 aliphatic heterocycles. The Morgan fingerprint density at radius 3 is 1.43 bits per heavy atom. The fourth-order valence-electron chi connectivity index (χ4n) is 2.06. The van der Waals surface area contributed by atoms with Gasteiger partial charge in [0.1, 0.15) is 0 Å². The zero-order chi connectivity index (χ0) is 16.9. The Kier molecular flexibility index (Phi) is 5.31. The van der Waals surface area contributed by atoms with Gasteiger partial charge in [-0.05, 0) is 47.4 Å². The summed E-state index contributed by atoms with van der Waals surface area (Å²) in [5.74, 6) is 13.2. The van der Waals surface area contributed by atoms with E-state index in [1.807, 2.05) is 24.3 Å². The minimum atomic E-state index is 0.179.